The topological polar surface area (TPSA) is 32.3 Å². The molecule has 3 rings (SSSR count). The van der Waals surface area contributed by atoms with Crippen LogP contribution in [0.5, 0.6) is 0 Å². The highest BCUT2D eigenvalue weighted by Crippen LogP contribution is 2.30. The minimum Gasteiger partial charge on any atom is -0.316 e. The summed E-state index contributed by atoms with van der Waals surface area (Å²) in [5.41, 5.74) is 1.07. The molecule has 1 saturated carbocycles. The number of nitrogens with one attached hydrogen (secondary N) is 1. The normalized spacial score (nSPS) is 22.1. The quantitative estimate of drug-likeness (QED) is 0.831. The molecule has 2 aliphatic rings. The summed E-state index contributed by atoms with van der Waals surface area (Å²) in [5.74, 6) is 2.11. The van der Waals surface area contributed by atoms with Crippen molar-refractivity contribution in [2.24, 2.45) is 17.8 Å². The summed E-state index contributed by atoms with van der Waals surface area (Å²) in [6.45, 7) is 5.36. The fourth-order valence-electron chi connectivity index (χ4n) is 3.81. The second kappa shape index (κ2) is 9.43. The molecule has 0 spiro atoms. The first kappa shape index (κ1) is 19.3. The lowest BCUT2D eigenvalue weighted by Crippen LogP contribution is -2.40. The molecular weight excluding hydrogens is 320 g/mol. The third kappa shape index (κ3) is 4.97. The first-order chi connectivity index (χ1) is 11.2. The molecule has 24 heavy (non-hydrogen) atoms. The Kier molecular flexibility index (Phi) is 7.57. The number of anilines is 1. The van der Waals surface area contributed by atoms with Gasteiger partial charge in [0, 0.05) is 18.7 Å². The molecule has 0 radical (unpaired) electrons. The molecule has 3 nitrogen and oxygen atoms in total. The molecule has 0 aromatic heterocycles. The summed E-state index contributed by atoms with van der Waals surface area (Å²) >= 11 is 0. The van der Waals surface area contributed by atoms with Crippen LogP contribution in [0.2, 0.25) is 0 Å². The van der Waals surface area contributed by atoms with Gasteiger partial charge in [-0.05, 0) is 68.7 Å². The SMILES string of the molecule is CC(CC(=O)N(CC1CCC1)c1ccccc1)C1CCCNC1.Cl. The highest BCUT2D eigenvalue weighted by atomic mass is 35.5. The van der Waals surface area contributed by atoms with Crippen molar-refractivity contribution in [3.05, 3.63) is 30.3 Å². The van der Waals surface area contributed by atoms with E-state index in [0.717, 1.165) is 25.3 Å². The molecule has 0 bridgehead atoms. The summed E-state index contributed by atoms with van der Waals surface area (Å²) in [4.78, 5) is 15.0. The predicted molar refractivity (Wildman–Crippen MR) is 103 cm³/mol. The number of carbonyl (C=O) groups excluding carboxylic acids is 1. The first-order valence-electron chi connectivity index (χ1n) is 9.30. The van der Waals surface area contributed by atoms with Crippen LogP contribution in [0.1, 0.15) is 45.4 Å². The fraction of sp³-hybridized carbons (Fsp3) is 0.650. The van der Waals surface area contributed by atoms with Crippen molar-refractivity contribution in [3.8, 4) is 0 Å². The summed E-state index contributed by atoms with van der Waals surface area (Å²) < 4.78 is 0. The maximum absolute atomic E-state index is 13.0. The number of carbonyl (C=O) groups is 1. The Morgan fingerprint density at radius 1 is 1.21 bits per heavy atom. The molecule has 1 N–H and O–H groups in total. The van der Waals surface area contributed by atoms with E-state index in [0.29, 0.717) is 30.1 Å². The number of hydrogen-bond donors (Lipinski definition) is 1. The maximum Gasteiger partial charge on any atom is 0.227 e. The van der Waals surface area contributed by atoms with Crippen molar-refractivity contribution in [2.45, 2.75) is 45.4 Å². The molecule has 2 unspecified atom stereocenters. The zero-order valence-corrected chi connectivity index (χ0v) is 15.6. The van der Waals surface area contributed by atoms with E-state index in [1.807, 2.05) is 18.2 Å². The zero-order valence-electron chi connectivity index (χ0n) is 14.7. The van der Waals surface area contributed by atoms with Crippen molar-refractivity contribution in [2.75, 3.05) is 24.5 Å². The number of piperidine rings is 1. The molecule has 1 aromatic carbocycles. The Morgan fingerprint density at radius 3 is 2.54 bits per heavy atom. The molecule has 2 atom stereocenters. The number of rotatable bonds is 6. The molecule has 1 aliphatic heterocycles. The van der Waals surface area contributed by atoms with Crippen LogP contribution in [-0.4, -0.2) is 25.5 Å². The number of para-hydroxylation sites is 1. The second-order valence-electron chi connectivity index (χ2n) is 7.42. The van der Waals surface area contributed by atoms with Crippen LogP contribution in [0, 0.1) is 17.8 Å². The second-order valence-corrected chi connectivity index (χ2v) is 7.42. The van der Waals surface area contributed by atoms with E-state index in [2.05, 4.69) is 29.3 Å². The Morgan fingerprint density at radius 2 is 1.96 bits per heavy atom. The minimum absolute atomic E-state index is 0. The molecule has 1 saturated heterocycles. The standard InChI is InChI=1S/C20H30N2O.ClH/c1-16(18-9-6-12-21-14-18)13-20(23)22(15-17-7-5-8-17)19-10-3-2-4-11-19;/h2-4,10-11,16-18,21H,5-9,12-15H2,1H3;1H. The molecule has 1 heterocycles. The molecule has 4 heteroatoms. The highest BCUT2D eigenvalue weighted by molar-refractivity contribution is 5.93. The molecule has 134 valence electrons. The monoisotopic (exact) mass is 350 g/mol. The molecule has 1 amide bonds. The summed E-state index contributed by atoms with van der Waals surface area (Å²) in [7, 11) is 0. The van der Waals surface area contributed by atoms with E-state index >= 15 is 0 Å². The lowest BCUT2D eigenvalue weighted by molar-refractivity contribution is -0.120. The molecular formula is C20H31ClN2O. The van der Waals surface area contributed by atoms with E-state index in [-0.39, 0.29) is 12.4 Å². The average molecular weight is 351 g/mol. The number of nitrogens with zero attached hydrogens (tertiary/aromatic N) is 1. The van der Waals surface area contributed by atoms with Gasteiger partial charge in [0.2, 0.25) is 5.91 Å². The van der Waals surface area contributed by atoms with E-state index < -0.39 is 0 Å². The van der Waals surface area contributed by atoms with Gasteiger partial charge < -0.3 is 10.2 Å². The van der Waals surface area contributed by atoms with E-state index in [1.165, 1.54) is 32.1 Å². The average Bonchev–Trinajstić information content (AvgIpc) is 2.55. The smallest absolute Gasteiger partial charge is 0.227 e. The van der Waals surface area contributed by atoms with Gasteiger partial charge in [-0.25, -0.2) is 0 Å². The van der Waals surface area contributed by atoms with Crippen LogP contribution in [-0.2, 0) is 4.79 Å². The van der Waals surface area contributed by atoms with Gasteiger partial charge in [0.25, 0.3) is 0 Å². The van der Waals surface area contributed by atoms with Crippen molar-refractivity contribution in [3.63, 3.8) is 0 Å². The number of halogens is 1. The van der Waals surface area contributed by atoms with Gasteiger partial charge in [-0.1, -0.05) is 31.5 Å². The maximum atomic E-state index is 13.0. The Hall–Kier alpha value is -1.06. The Balaban J connectivity index is 0.00000208. The fourth-order valence-corrected chi connectivity index (χ4v) is 3.81. The van der Waals surface area contributed by atoms with Crippen molar-refractivity contribution >= 4 is 24.0 Å². The zero-order chi connectivity index (χ0) is 16.1. The van der Waals surface area contributed by atoms with Crippen LogP contribution in [0.3, 0.4) is 0 Å². The van der Waals surface area contributed by atoms with Gasteiger partial charge in [-0.15, -0.1) is 12.4 Å². The Bertz CT molecular complexity index is 498. The molecule has 1 aliphatic carbocycles. The van der Waals surface area contributed by atoms with Gasteiger partial charge in [-0.2, -0.15) is 0 Å². The largest absolute Gasteiger partial charge is 0.316 e. The van der Waals surface area contributed by atoms with Crippen molar-refractivity contribution in [1.82, 2.24) is 5.32 Å². The van der Waals surface area contributed by atoms with Crippen molar-refractivity contribution in [1.29, 1.82) is 0 Å². The van der Waals surface area contributed by atoms with Gasteiger partial charge in [0.15, 0.2) is 0 Å². The lowest BCUT2D eigenvalue weighted by Gasteiger charge is -2.34. The van der Waals surface area contributed by atoms with Crippen LogP contribution >= 0.6 is 12.4 Å². The minimum atomic E-state index is 0. The number of benzene rings is 1. The van der Waals surface area contributed by atoms with Gasteiger partial charge in [-0.3, -0.25) is 4.79 Å². The summed E-state index contributed by atoms with van der Waals surface area (Å²) in [6.07, 6.45) is 7.06. The summed E-state index contributed by atoms with van der Waals surface area (Å²) in [6, 6.07) is 10.2. The molecule has 2 fully saturated rings. The van der Waals surface area contributed by atoms with E-state index in [9.17, 15) is 4.79 Å². The van der Waals surface area contributed by atoms with Gasteiger partial charge in [0.1, 0.15) is 0 Å². The first-order valence-corrected chi connectivity index (χ1v) is 9.30. The van der Waals surface area contributed by atoms with Crippen LogP contribution < -0.4 is 10.2 Å². The number of hydrogen-bond acceptors (Lipinski definition) is 2. The lowest BCUT2D eigenvalue weighted by atomic mass is 9.83. The van der Waals surface area contributed by atoms with E-state index in [1.54, 1.807) is 0 Å². The van der Waals surface area contributed by atoms with Gasteiger partial charge >= 0.3 is 0 Å². The Labute approximate surface area is 152 Å². The highest BCUT2D eigenvalue weighted by Gasteiger charge is 2.28. The summed E-state index contributed by atoms with van der Waals surface area (Å²) in [5, 5.41) is 3.48. The van der Waals surface area contributed by atoms with Crippen LogP contribution in [0.25, 0.3) is 0 Å². The molecule has 1 aromatic rings. The van der Waals surface area contributed by atoms with Crippen LogP contribution in [0.4, 0.5) is 5.69 Å². The third-order valence-corrected chi connectivity index (χ3v) is 5.67. The van der Waals surface area contributed by atoms with Crippen molar-refractivity contribution < 1.29 is 4.79 Å². The third-order valence-electron chi connectivity index (χ3n) is 5.67. The number of amides is 1. The van der Waals surface area contributed by atoms with Crippen LogP contribution in [0.15, 0.2) is 30.3 Å². The predicted octanol–water partition coefficient (Wildman–Crippen LogP) is 4.27. The van der Waals surface area contributed by atoms with Gasteiger partial charge in [0.05, 0.1) is 0 Å². The van der Waals surface area contributed by atoms with E-state index in [4.69, 9.17) is 0 Å².